The molecule has 0 spiro atoms. The fourth-order valence-corrected chi connectivity index (χ4v) is 2.57. The molecule has 5 nitrogen and oxygen atoms in total. The molecular weight excluding hydrogens is 276 g/mol. The Kier molecular flexibility index (Phi) is 4.77. The molecule has 0 aromatic heterocycles. The van der Waals surface area contributed by atoms with Crippen LogP contribution in [-0.2, 0) is 17.3 Å². The molecule has 1 unspecified atom stereocenters. The third-order valence-electron chi connectivity index (χ3n) is 3.57. The van der Waals surface area contributed by atoms with Crippen molar-refractivity contribution in [3.8, 4) is 0 Å². The number of nitrogens with one attached hydrogen (secondary N) is 2. The van der Waals surface area contributed by atoms with Crippen molar-refractivity contribution in [2.45, 2.75) is 36.3 Å². The van der Waals surface area contributed by atoms with E-state index in [2.05, 4.69) is 10.6 Å². The summed E-state index contributed by atoms with van der Waals surface area (Å²) >= 11 is 0. The van der Waals surface area contributed by atoms with Crippen LogP contribution in [0.2, 0.25) is 0 Å². The minimum atomic E-state index is -0.985. The Hall–Kier alpha value is -1.40. The van der Waals surface area contributed by atoms with Gasteiger partial charge in [0.2, 0.25) is 0 Å². The molecule has 3 N–H and O–H groups in total. The van der Waals surface area contributed by atoms with Crippen molar-refractivity contribution >= 4 is 16.8 Å². The monoisotopic (exact) mass is 296 g/mol. The van der Waals surface area contributed by atoms with E-state index in [-0.39, 0.29) is 6.03 Å². The minimum absolute atomic E-state index is 0.284. The average molecular weight is 296 g/mol. The van der Waals surface area contributed by atoms with Gasteiger partial charge in [0.15, 0.2) is 0 Å². The van der Waals surface area contributed by atoms with Crippen LogP contribution in [0.15, 0.2) is 29.2 Å². The summed E-state index contributed by atoms with van der Waals surface area (Å²) in [6, 6.07) is 6.99. The molecular formula is C14H20N2O3S. The first-order chi connectivity index (χ1) is 9.48. The molecule has 2 rings (SSSR count). The van der Waals surface area contributed by atoms with E-state index in [0.717, 1.165) is 29.7 Å². The zero-order chi connectivity index (χ0) is 14.6. The summed E-state index contributed by atoms with van der Waals surface area (Å²) in [5.74, 6) is 0. The van der Waals surface area contributed by atoms with Gasteiger partial charge in [0.05, 0.1) is 5.60 Å². The van der Waals surface area contributed by atoms with Crippen LogP contribution in [0, 0.1) is 0 Å². The molecule has 1 fully saturated rings. The number of benzene rings is 1. The SMILES string of the molecule is CS(=O)c1ccc(CNC(=O)NCC2(O)CCC2)cc1. The van der Waals surface area contributed by atoms with Crippen molar-refractivity contribution in [1.82, 2.24) is 10.6 Å². The third-order valence-corrected chi connectivity index (χ3v) is 4.51. The molecule has 1 saturated carbocycles. The van der Waals surface area contributed by atoms with Gasteiger partial charge in [0.25, 0.3) is 0 Å². The summed E-state index contributed by atoms with van der Waals surface area (Å²) in [5.41, 5.74) is 0.237. The lowest BCUT2D eigenvalue weighted by atomic mass is 9.80. The van der Waals surface area contributed by atoms with E-state index in [1.54, 1.807) is 18.4 Å². The molecule has 1 atom stereocenters. The lowest BCUT2D eigenvalue weighted by Gasteiger charge is -2.36. The lowest BCUT2D eigenvalue weighted by Crippen LogP contribution is -2.49. The van der Waals surface area contributed by atoms with E-state index >= 15 is 0 Å². The van der Waals surface area contributed by atoms with Gasteiger partial charge in [-0.1, -0.05) is 12.1 Å². The highest BCUT2D eigenvalue weighted by molar-refractivity contribution is 7.84. The summed E-state index contributed by atoms with van der Waals surface area (Å²) in [4.78, 5) is 12.4. The van der Waals surface area contributed by atoms with Gasteiger partial charge in [-0.3, -0.25) is 4.21 Å². The Morgan fingerprint density at radius 2 is 1.95 bits per heavy atom. The van der Waals surface area contributed by atoms with E-state index in [9.17, 15) is 14.1 Å². The normalized spacial score (nSPS) is 17.9. The topological polar surface area (TPSA) is 78.4 Å². The highest BCUT2D eigenvalue weighted by atomic mass is 32.2. The van der Waals surface area contributed by atoms with E-state index < -0.39 is 16.4 Å². The molecule has 0 bridgehead atoms. The molecule has 0 aliphatic heterocycles. The summed E-state index contributed by atoms with van der Waals surface area (Å²) in [6.07, 6.45) is 4.16. The molecule has 0 heterocycles. The van der Waals surface area contributed by atoms with Gasteiger partial charge in [0, 0.05) is 35.0 Å². The molecule has 2 amide bonds. The maximum atomic E-state index is 11.6. The molecule has 20 heavy (non-hydrogen) atoms. The van der Waals surface area contributed by atoms with Crippen molar-refractivity contribution in [2.24, 2.45) is 0 Å². The smallest absolute Gasteiger partial charge is 0.315 e. The molecule has 1 aliphatic rings. The summed E-state index contributed by atoms with van der Waals surface area (Å²) in [5, 5.41) is 15.3. The number of hydrogen-bond acceptors (Lipinski definition) is 3. The van der Waals surface area contributed by atoms with Crippen LogP contribution in [-0.4, -0.2) is 33.7 Å². The maximum absolute atomic E-state index is 11.6. The fraction of sp³-hybridized carbons (Fsp3) is 0.500. The van der Waals surface area contributed by atoms with E-state index in [4.69, 9.17) is 0 Å². The molecule has 0 radical (unpaired) electrons. The second-order valence-corrected chi connectivity index (χ2v) is 6.59. The predicted molar refractivity (Wildman–Crippen MR) is 77.8 cm³/mol. The van der Waals surface area contributed by atoms with Gasteiger partial charge in [-0.15, -0.1) is 0 Å². The Labute approximate surface area is 121 Å². The van der Waals surface area contributed by atoms with Gasteiger partial charge < -0.3 is 15.7 Å². The second kappa shape index (κ2) is 6.37. The Morgan fingerprint density at radius 1 is 1.30 bits per heavy atom. The quantitative estimate of drug-likeness (QED) is 0.762. The van der Waals surface area contributed by atoms with Crippen LogP contribution in [0.1, 0.15) is 24.8 Å². The minimum Gasteiger partial charge on any atom is -0.388 e. The number of carbonyl (C=O) groups excluding carboxylic acids is 1. The maximum Gasteiger partial charge on any atom is 0.315 e. The number of rotatable bonds is 5. The number of aliphatic hydroxyl groups is 1. The van der Waals surface area contributed by atoms with Gasteiger partial charge >= 0.3 is 6.03 Å². The van der Waals surface area contributed by atoms with Crippen LogP contribution in [0.3, 0.4) is 0 Å². The zero-order valence-corrected chi connectivity index (χ0v) is 12.3. The van der Waals surface area contributed by atoms with Crippen molar-refractivity contribution in [1.29, 1.82) is 0 Å². The highest BCUT2D eigenvalue weighted by Gasteiger charge is 2.34. The Morgan fingerprint density at radius 3 is 2.45 bits per heavy atom. The van der Waals surface area contributed by atoms with Gasteiger partial charge in [-0.05, 0) is 37.0 Å². The molecule has 6 heteroatoms. The second-order valence-electron chi connectivity index (χ2n) is 5.21. The Balaban J connectivity index is 1.73. The summed E-state index contributed by atoms with van der Waals surface area (Å²) in [6.45, 7) is 0.702. The van der Waals surface area contributed by atoms with Gasteiger partial charge in [-0.25, -0.2) is 4.79 Å². The molecule has 0 saturated heterocycles. The Bertz CT molecular complexity index is 498. The first kappa shape index (κ1) is 15.0. The number of urea groups is 1. The van der Waals surface area contributed by atoms with Gasteiger partial charge in [-0.2, -0.15) is 0 Å². The fourth-order valence-electron chi connectivity index (χ4n) is 2.05. The van der Waals surface area contributed by atoms with Crippen LogP contribution >= 0.6 is 0 Å². The van der Waals surface area contributed by atoms with Crippen LogP contribution in [0.5, 0.6) is 0 Å². The highest BCUT2D eigenvalue weighted by Crippen LogP contribution is 2.30. The lowest BCUT2D eigenvalue weighted by molar-refractivity contribution is -0.0290. The first-order valence-corrected chi connectivity index (χ1v) is 8.21. The van der Waals surface area contributed by atoms with Crippen LogP contribution in [0.25, 0.3) is 0 Å². The number of hydrogen-bond donors (Lipinski definition) is 3. The van der Waals surface area contributed by atoms with Crippen molar-refractivity contribution in [3.05, 3.63) is 29.8 Å². The van der Waals surface area contributed by atoms with E-state index in [0.29, 0.717) is 13.1 Å². The first-order valence-electron chi connectivity index (χ1n) is 6.65. The number of amides is 2. The largest absolute Gasteiger partial charge is 0.388 e. The molecule has 110 valence electrons. The van der Waals surface area contributed by atoms with Crippen molar-refractivity contribution in [3.63, 3.8) is 0 Å². The van der Waals surface area contributed by atoms with Gasteiger partial charge in [0.1, 0.15) is 0 Å². The average Bonchev–Trinajstić information content (AvgIpc) is 2.41. The third kappa shape index (κ3) is 4.05. The molecule has 1 aromatic rings. The zero-order valence-electron chi connectivity index (χ0n) is 11.5. The van der Waals surface area contributed by atoms with Crippen molar-refractivity contribution in [2.75, 3.05) is 12.8 Å². The number of carbonyl (C=O) groups is 1. The van der Waals surface area contributed by atoms with Crippen LogP contribution in [0.4, 0.5) is 4.79 Å². The van der Waals surface area contributed by atoms with E-state index in [1.807, 2.05) is 12.1 Å². The van der Waals surface area contributed by atoms with Crippen LogP contribution < -0.4 is 10.6 Å². The standard InChI is InChI=1S/C14H20N2O3S/c1-20(19)12-5-3-11(4-6-12)9-15-13(17)16-10-14(18)7-2-8-14/h3-6,18H,2,7-10H2,1H3,(H2,15,16,17). The van der Waals surface area contributed by atoms with E-state index in [1.165, 1.54) is 0 Å². The molecule has 1 aliphatic carbocycles. The molecule has 1 aromatic carbocycles. The van der Waals surface area contributed by atoms with Crippen molar-refractivity contribution < 1.29 is 14.1 Å². The summed E-state index contributed by atoms with van der Waals surface area (Å²) < 4.78 is 11.2. The predicted octanol–water partition coefficient (Wildman–Crippen LogP) is 1.14. The summed E-state index contributed by atoms with van der Waals surface area (Å²) in [7, 11) is -0.985.